The van der Waals surface area contributed by atoms with E-state index in [9.17, 15) is 33.5 Å². The van der Waals surface area contributed by atoms with E-state index in [1.807, 2.05) is 0 Å². The number of terminal acetylenes is 1. The molecule has 1 aromatic carbocycles. The third-order valence-electron chi connectivity index (χ3n) is 5.60. The van der Waals surface area contributed by atoms with Gasteiger partial charge in [0.2, 0.25) is 0 Å². The summed E-state index contributed by atoms with van der Waals surface area (Å²) in [6.45, 7) is 3.85. The number of hydrogen-bond acceptors (Lipinski definition) is 10. The minimum atomic E-state index is -4.46. The van der Waals surface area contributed by atoms with Crippen LogP contribution >= 0.6 is 19.4 Å². The number of anilines is 1. The number of benzene rings is 1. The number of nitrogens with one attached hydrogen (secondary N) is 2. The SMILES string of the molecule is C#CCCCCNC(=O)Nc1ccc(S[C@@H]2O[C@H](CCP(=O)(O)O)[C@@H](OC(C)=O)[C@H](OC(C)=O)[C@@H]2OC(C)=O)cc1. The number of rotatable bonds is 13. The average molecular weight is 615 g/mol. The highest BCUT2D eigenvalue weighted by Gasteiger charge is 2.52. The maximum atomic E-state index is 12.1. The van der Waals surface area contributed by atoms with Gasteiger partial charge in [0.15, 0.2) is 18.3 Å². The first-order chi connectivity index (χ1) is 19.3. The summed E-state index contributed by atoms with van der Waals surface area (Å²) < 4.78 is 33.9. The van der Waals surface area contributed by atoms with Crippen LogP contribution in [0, 0.1) is 12.3 Å². The molecule has 1 aliphatic rings. The molecule has 1 fully saturated rings. The van der Waals surface area contributed by atoms with E-state index in [1.54, 1.807) is 24.3 Å². The van der Waals surface area contributed by atoms with E-state index in [4.69, 9.17) is 25.4 Å². The molecule has 4 N–H and O–H groups in total. The lowest BCUT2D eigenvalue weighted by atomic mass is 9.97. The van der Waals surface area contributed by atoms with E-state index in [0.717, 1.165) is 45.4 Å². The van der Waals surface area contributed by atoms with Gasteiger partial charge in [-0.25, -0.2) is 4.79 Å². The minimum absolute atomic E-state index is 0.245. The lowest BCUT2D eigenvalue weighted by Gasteiger charge is -2.44. The second-order valence-electron chi connectivity index (χ2n) is 9.13. The molecule has 0 radical (unpaired) electrons. The van der Waals surface area contributed by atoms with E-state index in [0.29, 0.717) is 23.5 Å². The standard InChI is InChI=1S/C26H35N2O11PS/c1-5-6-7-8-14-27-26(32)28-19-9-11-20(12-10-19)41-25-24(38-18(4)31)23(37-17(3)30)22(36-16(2)29)21(39-25)13-15-40(33,34)35/h1,9-12,21-25H,6-8,13-15H2,2-4H3,(H2,27,28,32)(H2,33,34,35)/t21-,22-,23+,24+,25+/m1/s1. The highest BCUT2D eigenvalue weighted by molar-refractivity contribution is 7.99. The van der Waals surface area contributed by atoms with Gasteiger partial charge in [-0.05, 0) is 43.5 Å². The van der Waals surface area contributed by atoms with Crippen LogP contribution in [0.25, 0.3) is 0 Å². The van der Waals surface area contributed by atoms with Crippen LogP contribution in [0.3, 0.4) is 0 Å². The fourth-order valence-corrected chi connectivity index (χ4v) is 5.65. The summed E-state index contributed by atoms with van der Waals surface area (Å²) in [5.74, 6) is 0.303. The van der Waals surface area contributed by atoms with Crippen LogP contribution in [-0.2, 0) is 37.9 Å². The van der Waals surface area contributed by atoms with Crippen LogP contribution in [0.15, 0.2) is 29.2 Å². The number of thioether (sulfide) groups is 1. The van der Waals surface area contributed by atoms with Crippen molar-refractivity contribution in [3.05, 3.63) is 24.3 Å². The smallest absolute Gasteiger partial charge is 0.325 e. The van der Waals surface area contributed by atoms with Crippen molar-refractivity contribution in [2.75, 3.05) is 18.0 Å². The summed E-state index contributed by atoms with van der Waals surface area (Å²) in [6, 6.07) is 6.24. The summed E-state index contributed by atoms with van der Waals surface area (Å²) in [6.07, 6.45) is 1.60. The molecule has 2 rings (SSSR count). The predicted octanol–water partition coefficient (Wildman–Crippen LogP) is 2.79. The number of carbonyl (C=O) groups is 4. The number of carbonyl (C=O) groups excluding carboxylic acids is 4. The van der Waals surface area contributed by atoms with Crippen molar-refractivity contribution < 1.29 is 52.5 Å². The van der Waals surface area contributed by atoms with E-state index in [1.165, 1.54) is 0 Å². The largest absolute Gasteiger partial charge is 0.456 e. The number of urea groups is 1. The van der Waals surface area contributed by atoms with Crippen molar-refractivity contribution in [1.82, 2.24) is 5.32 Å². The Morgan fingerprint density at radius 2 is 1.56 bits per heavy atom. The van der Waals surface area contributed by atoms with Crippen molar-refractivity contribution in [1.29, 1.82) is 0 Å². The van der Waals surface area contributed by atoms with Crippen molar-refractivity contribution in [2.45, 2.75) is 81.2 Å². The van der Waals surface area contributed by atoms with Crippen LogP contribution in [0.5, 0.6) is 0 Å². The van der Waals surface area contributed by atoms with E-state index in [-0.39, 0.29) is 12.5 Å². The molecule has 1 aromatic rings. The van der Waals surface area contributed by atoms with Gasteiger partial charge in [-0.2, -0.15) is 0 Å². The Hall–Kier alpha value is -3.08. The number of ether oxygens (including phenoxy) is 4. The summed E-state index contributed by atoms with van der Waals surface area (Å²) in [5, 5.41) is 5.44. The number of unbranched alkanes of at least 4 members (excludes halogenated alkanes) is 2. The molecular weight excluding hydrogens is 579 g/mol. The summed E-state index contributed by atoms with van der Waals surface area (Å²) in [4.78, 5) is 67.4. The van der Waals surface area contributed by atoms with E-state index in [2.05, 4.69) is 16.6 Å². The molecule has 1 heterocycles. The Morgan fingerprint density at radius 3 is 2.12 bits per heavy atom. The van der Waals surface area contributed by atoms with Gasteiger partial charge in [0.1, 0.15) is 11.5 Å². The molecule has 5 atom stereocenters. The maximum absolute atomic E-state index is 12.1. The van der Waals surface area contributed by atoms with Gasteiger partial charge in [-0.3, -0.25) is 18.9 Å². The Labute approximate surface area is 242 Å². The van der Waals surface area contributed by atoms with Crippen molar-refractivity contribution in [3.8, 4) is 12.3 Å². The third-order valence-corrected chi connectivity index (χ3v) is 7.60. The van der Waals surface area contributed by atoms with E-state index < -0.39 is 61.5 Å². The fraction of sp³-hybridized carbons (Fsp3) is 0.538. The highest BCUT2D eigenvalue weighted by Crippen LogP contribution is 2.41. The number of amides is 2. The molecule has 0 bridgehead atoms. The van der Waals surface area contributed by atoms with Crippen molar-refractivity contribution >= 4 is 49.0 Å². The minimum Gasteiger partial charge on any atom is -0.456 e. The molecule has 0 unspecified atom stereocenters. The van der Waals surface area contributed by atoms with Gasteiger partial charge in [0, 0.05) is 44.3 Å². The second-order valence-corrected chi connectivity index (χ2v) is 12.1. The third kappa shape index (κ3) is 12.5. The molecule has 15 heteroatoms. The topological polar surface area (TPSA) is 187 Å². The molecule has 226 valence electrons. The number of esters is 3. The van der Waals surface area contributed by atoms with E-state index >= 15 is 0 Å². The molecular formula is C26H35N2O11PS. The van der Waals surface area contributed by atoms with Crippen LogP contribution in [0.4, 0.5) is 10.5 Å². The zero-order valence-electron chi connectivity index (χ0n) is 22.9. The first-order valence-electron chi connectivity index (χ1n) is 12.8. The summed E-state index contributed by atoms with van der Waals surface area (Å²) in [7, 11) is -4.46. The Morgan fingerprint density at radius 1 is 0.976 bits per heavy atom. The van der Waals surface area contributed by atoms with Crippen LogP contribution in [0.2, 0.25) is 0 Å². The first kappa shape index (κ1) is 34.1. The summed E-state index contributed by atoms with van der Waals surface area (Å²) in [5.41, 5.74) is -0.522. The van der Waals surface area contributed by atoms with Gasteiger partial charge in [0.25, 0.3) is 0 Å². The Bertz CT molecular complexity index is 1150. The predicted molar refractivity (Wildman–Crippen MR) is 149 cm³/mol. The van der Waals surface area contributed by atoms with Gasteiger partial charge in [-0.15, -0.1) is 12.3 Å². The molecule has 0 aliphatic carbocycles. The van der Waals surface area contributed by atoms with Gasteiger partial charge < -0.3 is 39.4 Å². The zero-order chi connectivity index (χ0) is 30.6. The quantitative estimate of drug-likeness (QED) is 0.0838. The first-order valence-corrected chi connectivity index (χ1v) is 15.4. The van der Waals surface area contributed by atoms with Crippen LogP contribution < -0.4 is 10.6 Å². The summed E-state index contributed by atoms with van der Waals surface area (Å²) >= 11 is 1.08. The Balaban J connectivity index is 2.24. The maximum Gasteiger partial charge on any atom is 0.325 e. The monoisotopic (exact) mass is 614 g/mol. The molecule has 41 heavy (non-hydrogen) atoms. The van der Waals surface area contributed by atoms with Gasteiger partial charge >= 0.3 is 31.5 Å². The molecule has 1 saturated heterocycles. The zero-order valence-corrected chi connectivity index (χ0v) is 24.7. The lowest BCUT2D eigenvalue weighted by Crippen LogP contribution is -2.60. The van der Waals surface area contributed by atoms with Crippen molar-refractivity contribution in [3.63, 3.8) is 0 Å². The molecule has 13 nitrogen and oxygen atoms in total. The second kappa shape index (κ2) is 16.4. The average Bonchev–Trinajstić information content (AvgIpc) is 2.86. The van der Waals surface area contributed by atoms with Crippen LogP contribution in [0.1, 0.15) is 46.5 Å². The molecule has 1 aliphatic heterocycles. The van der Waals surface area contributed by atoms with Crippen LogP contribution in [-0.4, -0.2) is 76.3 Å². The lowest BCUT2D eigenvalue weighted by molar-refractivity contribution is -0.232. The normalized spacial score (nSPS) is 22.1. The molecule has 0 spiro atoms. The van der Waals surface area contributed by atoms with Gasteiger partial charge in [-0.1, -0.05) is 11.8 Å². The molecule has 0 saturated carbocycles. The molecule has 2 amide bonds. The fourth-order valence-electron chi connectivity index (χ4n) is 3.96. The van der Waals surface area contributed by atoms with Crippen molar-refractivity contribution in [2.24, 2.45) is 0 Å². The number of hydrogen-bond donors (Lipinski definition) is 4. The molecule has 0 aromatic heterocycles. The highest BCUT2D eigenvalue weighted by atomic mass is 32.2. The van der Waals surface area contributed by atoms with Gasteiger partial charge in [0.05, 0.1) is 6.16 Å². The Kier molecular flexibility index (Phi) is 13.6.